The quantitative estimate of drug-likeness (QED) is 0.146. The molecule has 8 aromatic rings. The molecule has 0 unspecified atom stereocenters. The summed E-state index contributed by atoms with van der Waals surface area (Å²) in [6, 6.07) is 50.1. The predicted octanol–water partition coefficient (Wildman–Crippen LogP) is 12.6. The van der Waals surface area contributed by atoms with Crippen LogP contribution in [0.2, 0.25) is 0 Å². The zero-order chi connectivity index (χ0) is 39.7. The molecule has 0 N–H and O–H groups in total. The van der Waals surface area contributed by atoms with Crippen molar-refractivity contribution >= 4 is 0 Å². The van der Waals surface area contributed by atoms with E-state index in [1.54, 1.807) is 0 Å². The number of nitrogens with zero attached hydrogens (tertiary/aromatic N) is 6. The van der Waals surface area contributed by atoms with Gasteiger partial charge in [0.25, 0.3) is 0 Å². The van der Waals surface area contributed by atoms with E-state index in [0.29, 0.717) is 34.9 Å². The van der Waals surface area contributed by atoms with Gasteiger partial charge in [-0.2, -0.15) is 0 Å². The first-order valence-electron chi connectivity index (χ1n) is 19.7. The van der Waals surface area contributed by atoms with Crippen molar-refractivity contribution in [3.8, 4) is 68.3 Å². The van der Waals surface area contributed by atoms with E-state index in [1.807, 2.05) is 0 Å². The van der Waals surface area contributed by atoms with Gasteiger partial charge in [0.1, 0.15) is 0 Å². The molecule has 6 aromatic carbocycles. The van der Waals surface area contributed by atoms with Crippen molar-refractivity contribution in [1.29, 1.82) is 0 Å². The van der Waals surface area contributed by atoms with Crippen LogP contribution in [0.5, 0.6) is 0 Å². The molecule has 0 aliphatic carbocycles. The van der Waals surface area contributed by atoms with Gasteiger partial charge in [-0.1, -0.05) is 187 Å². The first-order chi connectivity index (χ1) is 27.7. The van der Waals surface area contributed by atoms with Crippen molar-refractivity contribution in [2.24, 2.45) is 0 Å². The topological polar surface area (TPSA) is 77.3 Å². The molecule has 6 nitrogen and oxygen atoms in total. The maximum atomic E-state index is 4.82. The summed E-state index contributed by atoms with van der Waals surface area (Å²) in [6.45, 7) is 12.6. The lowest BCUT2D eigenvalue weighted by atomic mass is 10.1. The van der Waals surface area contributed by atoms with E-state index in [9.17, 15) is 0 Å². The summed E-state index contributed by atoms with van der Waals surface area (Å²) in [4.78, 5) is 28.7. The predicted molar refractivity (Wildman–Crippen MR) is 235 cm³/mol. The van der Waals surface area contributed by atoms with Crippen molar-refractivity contribution in [3.63, 3.8) is 0 Å². The number of hydrogen-bond acceptors (Lipinski definition) is 6. The van der Waals surface area contributed by atoms with Crippen LogP contribution < -0.4 is 0 Å². The summed E-state index contributed by atoms with van der Waals surface area (Å²) >= 11 is 0. The Labute approximate surface area is 336 Å². The molecule has 0 amide bonds. The lowest BCUT2D eigenvalue weighted by Gasteiger charge is -2.09. The number of benzene rings is 6. The molecule has 0 radical (unpaired) electrons. The zero-order valence-electron chi connectivity index (χ0n) is 33.7. The van der Waals surface area contributed by atoms with Crippen molar-refractivity contribution in [3.05, 3.63) is 179 Å². The van der Waals surface area contributed by atoms with Crippen molar-refractivity contribution in [2.75, 3.05) is 0 Å². The van der Waals surface area contributed by atoms with Crippen LogP contribution in [0.4, 0.5) is 0 Å². The highest BCUT2D eigenvalue weighted by molar-refractivity contribution is 5.68. The van der Waals surface area contributed by atoms with Crippen LogP contribution in [0.25, 0.3) is 68.3 Å². The third-order valence-corrected chi connectivity index (χ3v) is 9.85. The van der Waals surface area contributed by atoms with Gasteiger partial charge in [0, 0.05) is 33.4 Å². The Bertz CT molecular complexity index is 2320. The van der Waals surface area contributed by atoms with Gasteiger partial charge in [-0.05, 0) is 53.0 Å². The maximum absolute atomic E-state index is 4.82. The normalized spacial score (nSPS) is 10.8. The molecular weight excluding hydrogens is 697 g/mol. The molecule has 8 rings (SSSR count). The molecule has 0 aliphatic heterocycles. The molecule has 0 atom stereocenters. The molecule has 0 spiro atoms. The highest BCUT2D eigenvalue weighted by atomic mass is 15.0. The largest absolute Gasteiger partial charge is 0.208 e. The van der Waals surface area contributed by atoms with Crippen molar-refractivity contribution < 1.29 is 0 Å². The fourth-order valence-electron chi connectivity index (χ4n) is 6.24. The van der Waals surface area contributed by atoms with E-state index >= 15 is 0 Å². The minimum absolute atomic E-state index is 0.691. The second-order valence-electron chi connectivity index (χ2n) is 14.7. The van der Waals surface area contributed by atoms with Crippen molar-refractivity contribution in [2.45, 2.75) is 60.8 Å². The highest BCUT2D eigenvalue weighted by Crippen LogP contribution is 2.27. The number of rotatable bonds is 9. The van der Waals surface area contributed by atoms with Crippen LogP contribution in [-0.4, -0.2) is 29.9 Å². The van der Waals surface area contributed by atoms with Crippen LogP contribution >= 0.6 is 0 Å². The fourth-order valence-corrected chi connectivity index (χ4v) is 6.24. The molecule has 2 aromatic heterocycles. The number of hydrogen-bond donors (Lipinski definition) is 0. The summed E-state index contributed by atoms with van der Waals surface area (Å²) in [5, 5.41) is 0. The van der Waals surface area contributed by atoms with Crippen LogP contribution in [0.15, 0.2) is 146 Å². The van der Waals surface area contributed by atoms with E-state index in [4.69, 9.17) is 29.9 Å². The van der Waals surface area contributed by atoms with E-state index in [-0.39, 0.29) is 0 Å². The van der Waals surface area contributed by atoms with Crippen LogP contribution in [0.1, 0.15) is 53.1 Å². The Morgan fingerprint density at radius 2 is 0.474 bits per heavy atom. The molecule has 0 aliphatic rings. The SMILES string of the molecule is CCCCc1ccc(-c2nc(-c3ccc(C)cc3)nc(-c3ccc(C)cc3)n2)cc1.Cc1ccc(-c2nc(-c3ccc(C)cc3)nc(-c3ccc(C)cc3)n2)cc1. The molecule has 282 valence electrons. The van der Waals surface area contributed by atoms with Gasteiger partial charge in [0.05, 0.1) is 0 Å². The third-order valence-electron chi connectivity index (χ3n) is 9.85. The average Bonchev–Trinajstić information content (AvgIpc) is 3.24. The molecule has 0 fully saturated rings. The van der Waals surface area contributed by atoms with E-state index in [2.05, 4.69) is 187 Å². The summed E-state index contributed by atoms with van der Waals surface area (Å²) in [5.41, 5.74) is 13.4. The van der Waals surface area contributed by atoms with E-state index in [1.165, 1.54) is 46.2 Å². The minimum atomic E-state index is 0.691. The number of aromatic nitrogens is 6. The monoisotopic (exact) mass is 744 g/mol. The van der Waals surface area contributed by atoms with E-state index in [0.717, 1.165) is 39.8 Å². The van der Waals surface area contributed by atoms with Crippen LogP contribution in [-0.2, 0) is 6.42 Å². The first-order valence-corrected chi connectivity index (χ1v) is 19.7. The molecular formula is C51H48N6. The van der Waals surface area contributed by atoms with Crippen molar-refractivity contribution in [1.82, 2.24) is 29.9 Å². The number of unbranched alkanes of at least 4 members (excludes halogenated alkanes) is 1. The van der Waals surface area contributed by atoms with Gasteiger partial charge in [-0.15, -0.1) is 0 Å². The average molecular weight is 745 g/mol. The summed E-state index contributed by atoms with van der Waals surface area (Å²) in [5.74, 6) is 4.18. The highest BCUT2D eigenvalue weighted by Gasteiger charge is 2.14. The number of aryl methyl sites for hydroxylation is 6. The fraction of sp³-hybridized carbons (Fsp3) is 0.176. The maximum Gasteiger partial charge on any atom is 0.164 e. The Kier molecular flexibility index (Phi) is 12.1. The second-order valence-corrected chi connectivity index (χ2v) is 14.7. The molecule has 57 heavy (non-hydrogen) atoms. The molecule has 0 bridgehead atoms. The Balaban J connectivity index is 0.000000175. The Morgan fingerprint density at radius 3 is 0.667 bits per heavy atom. The van der Waals surface area contributed by atoms with Crippen LogP contribution in [0.3, 0.4) is 0 Å². The van der Waals surface area contributed by atoms with Crippen LogP contribution in [0, 0.1) is 34.6 Å². The van der Waals surface area contributed by atoms with Gasteiger partial charge >= 0.3 is 0 Å². The standard InChI is InChI=1S/C27H27N3.C24H21N3/c1-4-5-6-21-11-17-24(18-12-21)27-29-25(22-13-7-19(2)8-14-22)28-26(30-27)23-15-9-20(3)10-16-23;1-16-4-10-19(11-5-16)22-25-23(20-12-6-17(2)7-13-20)27-24(26-22)21-14-8-18(3)9-15-21/h7-18H,4-6H2,1-3H3;4-15H,1-3H3. The lowest BCUT2D eigenvalue weighted by molar-refractivity contribution is 0.795. The van der Waals surface area contributed by atoms with Gasteiger partial charge in [-0.25, -0.2) is 29.9 Å². The Hall–Kier alpha value is -6.66. The smallest absolute Gasteiger partial charge is 0.164 e. The first kappa shape index (κ1) is 38.6. The Morgan fingerprint density at radius 1 is 0.281 bits per heavy atom. The molecule has 2 heterocycles. The summed E-state index contributed by atoms with van der Waals surface area (Å²) in [7, 11) is 0. The molecule has 0 saturated carbocycles. The van der Waals surface area contributed by atoms with Gasteiger partial charge in [-0.3, -0.25) is 0 Å². The third kappa shape index (κ3) is 9.96. The second kappa shape index (κ2) is 17.9. The molecule has 6 heteroatoms. The van der Waals surface area contributed by atoms with Gasteiger partial charge in [0.2, 0.25) is 0 Å². The zero-order valence-corrected chi connectivity index (χ0v) is 33.7. The minimum Gasteiger partial charge on any atom is -0.208 e. The summed E-state index contributed by atoms with van der Waals surface area (Å²) in [6.07, 6.45) is 3.52. The lowest BCUT2D eigenvalue weighted by Crippen LogP contribution is -2.00. The summed E-state index contributed by atoms with van der Waals surface area (Å²) < 4.78 is 0. The molecule has 0 saturated heterocycles. The van der Waals surface area contributed by atoms with Gasteiger partial charge in [0.15, 0.2) is 34.9 Å². The van der Waals surface area contributed by atoms with Gasteiger partial charge < -0.3 is 0 Å². The van der Waals surface area contributed by atoms with E-state index < -0.39 is 0 Å².